The molecule has 0 bridgehead atoms. The molecule has 1 radical (unpaired) electrons. The minimum atomic E-state index is -3.34. The number of hydrogen-bond donors (Lipinski definition) is 4. The van der Waals surface area contributed by atoms with E-state index >= 15 is 0 Å². The predicted molar refractivity (Wildman–Crippen MR) is 65.2 cm³/mol. The molecule has 0 spiro atoms. The van der Waals surface area contributed by atoms with Gasteiger partial charge >= 0.3 is 40.9 Å². The number of carboxylic acids is 5. The number of carboxylic acid groups (broad SMARTS) is 5. The summed E-state index contributed by atoms with van der Waals surface area (Å²) in [7, 11) is 0. The summed E-state index contributed by atoms with van der Waals surface area (Å²) in [6, 6.07) is 0. The van der Waals surface area contributed by atoms with Gasteiger partial charge in [0, 0.05) is 12.4 Å². The molecule has 145 valence electrons. The maximum Gasteiger partial charge on any atom is 2.00 e. The van der Waals surface area contributed by atoms with Crippen molar-refractivity contribution in [1.82, 2.24) is 0 Å². The van der Waals surface area contributed by atoms with Gasteiger partial charge < -0.3 is 45.0 Å². The van der Waals surface area contributed by atoms with Crippen molar-refractivity contribution in [1.29, 1.82) is 0 Å². The number of ether oxygens (including phenoxy) is 1. The maximum atomic E-state index is 11.7. The van der Waals surface area contributed by atoms with Crippen molar-refractivity contribution in [3.63, 3.8) is 0 Å². The summed E-state index contributed by atoms with van der Waals surface area (Å²) in [4.78, 5) is 65.6. The number of carbonyl (C=O) groups is 6. The molecule has 14 heteroatoms. The maximum absolute atomic E-state index is 11.7. The fourth-order valence-corrected chi connectivity index (χ4v) is 1.76. The molecule has 0 aromatic carbocycles. The van der Waals surface area contributed by atoms with E-state index in [0.717, 1.165) is 0 Å². The normalized spacial score (nSPS) is 12.8. The molecule has 0 rings (SSSR count). The van der Waals surface area contributed by atoms with Crippen molar-refractivity contribution in [2.24, 2.45) is 0 Å². The number of aliphatic hydroxyl groups is 1. The van der Waals surface area contributed by atoms with E-state index in [2.05, 4.69) is 4.74 Å². The number of hydrogen-bond acceptors (Lipinski definition) is 10. The molecule has 4 N–H and O–H groups in total. The van der Waals surface area contributed by atoms with Crippen LogP contribution in [0.4, 0.5) is 0 Å². The van der Waals surface area contributed by atoms with Gasteiger partial charge in [0.2, 0.25) is 5.60 Å². The first-order valence-electron chi connectivity index (χ1n) is 6.26. The average Bonchev–Trinajstić information content (AvgIpc) is 2.34. The Kier molecular flexibility index (Phi) is 9.53. The van der Waals surface area contributed by atoms with Gasteiger partial charge in [-0.2, -0.15) is 0 Å². The van der Waals surface area contributed by atoms with E-state index in [1.807, 2.05) is 0 Å². The van der Waals surface area contributed by atoms with Gasteiger partial charge in [0.25, 0.3) is 0 Å². The van der Waals surface area contributed by atoms with Gasteiger partial charge in [-0.05, 0) is 0 Å². The Morgan fingerprint density at radius 3 is 1.50 bits per heavy atom. The summed E-state index contributed by atoms with van der Waals surface area (Å²) in [5.74, 6) is -12.3. The molecule has 0 aliphatic carbocycles. The number of carbonyl (C=O) groups excluding carboxylic acids is 3. The molecule has 0 amide bonds. The zero-order valence-electron chi connectivity index (χ0n) is 12.7. The van der Waals surface area contributed by atoms with Crippen molar-refractivity contribution in [2.45, 2.75) is 36.9 Å². The molecule has 0 aromatic heterocycles. The third-order valence-corrected chi connectivity index (χ3v) is 2.83. The van der Waals surface area contributed by atoms with Crippen LogP contribution in [0.3, 0.4) is 0 Å². The van der Waals surface area contributed by atoms with Crippen molar-refractivity contribution in [2.75, 3.05) is 0 Å². The quantitative estimate of drug-likeness (QED) is 0.182. The van der Waals surface area contributed by atoms with Crippen LogP contribution in [-0.2, 0) is 50.6 Å². The van der Waals surface area contributed by atoms with E-state index in [-0.39, 0.29) is 17.1 Å². The largest absolute Gasteiger partial charge is 2.00 e. The molecular weight excluding hydrogens is 407 g/mol. The third kappa shape index (κ3) is 7.46. The number of esters is 1. The summed E-state index contributed by atoms with van der Waals surface area (Å²) in [5.41, 5.74) is -6.45. The van der Waals surface area contributed by atoms with Gasteiger partial charge in [0.15, 0.2) is 0 Å². The van der Waals surface area contributed by atoms with Crippen molar-refractivity contribution >= 4 is 35.8 Å². The first kappa shape index (κ1) is 25.5. The van der Waals surface area contributed by atoms with Crippen LogP contribution in [0.2, 0.25) is 0 Å². The van der Waals surface area contributed by atoms with Crippen LogP contribution in [0.25, 0.3) is 0 Å². The Hall–Kier alpha value is -2.70. The van der Waals surface area contributed by atoms with E-state index in [0.29, 0.717) is 0 Å². The molecule has 0 fully saturated rings. The molecule has 0 aromatic rings. The minimum Gasteiger partial charge on any atom is -0.550 e. The van der Waals surface area contributed by atoms with Crippen LogP contribution < -0.4 is 10.2 Å². The minimum absolute atomic E-state index is 0. The third-order valence-electron chi connectivity index (χ3n) is 2.83. The van der Waals surface area contributed by atoms with E-state index in [9.17, 15) is 44.1 Å². The van der Waals surface area contributed by atoms with Gasteiger partial charge in [0.1, 0.15) is 5.60 Å². The van der Waals surface area contributed by atoms with Crippen molar-refractivity contribution in [3.8, 4) is 0 Å². The zero-order valence-corrected chi connectivity index (χ0v) is 13.8. The summed E-state index contributed by atoms with van der Waals surface area (Å²) >= 11 is 0. The fraction of sp³-hybridized carbons (Fsp3) is 0.500. The Bertz CT molecular complexity index is 596. The molecule has 0 aliphatic rings. The van der Waals surface area contributed by atoms with E-state index in [1.165, 1.54) is 0 Å². The molecule has 0 aliphatic heterocycles. The standard InChI is InChI=1S/C12H14O13.Mn/c13-5(14)1-11(24,9(20)21)4-8(19)25-12(10(22)23,2-6(15)16)3-7(17)18;/h24H,1-4H2,(H,13,14)(H,15,16)(H,17,18)(H,20,21)(H,22,23);/q;+2/p-2. The molecule has 1 atom stereocenters. The average molecular weight is 419 g/mol. The summed E-state index contributed by atoms with van der Waals surface area (Å²) in [6.45, 7) is 0. The van der Waals surface area contributed by atoms with Crippen LogP contribution >= 0.6 is 0 Å². The van der Waals surface area contributed by atoms with Crippen molar-refractivity contribution < 1.29 is 81.2 Å². The molecule has 0 saturated carbocycles. The van der Waals surface area contributed by atoms with Gasteiger partial charge in [-0.25, -0.2) is 4.79 Å². The molecule has 0 heterocycles. The van der Waals surface area contributed by atoms with Gasteiger partial charge in [-0.15, -0.1) is 0 Å². The van der Waals surface area contributed by atoms with Crippen LogP contribution in [0.1, 0.15) is 25.7 Å². The van der Waals surface area contributed by atoms with E-state index in [1.54, 1.807) is 0 Å². The topological polar surface area (TPSA) is 239 Å². The Balaban J connectivity index is 0. The second-order valence-electron chi connectivity index (χ2n) is 4.96. The number of rotatable bonds is 11. The van der Waals surface area contributed by atoms with Gasteiger partial charge in [0.05, 0.1) is 25.2 Å². The summed E-state index contributed by atoms with van der Waals surface area (Å²) in [5, 5.41) is 57.1. The smallest absolute Gasteiger partial charge is 0.550 e. The molecule has 0 saturated heterocycles. The Labute approximate surface area is 154 Å². The fourth-order valence-electron chi connectivity index (χ4n) is 1.76. The SMILES string of the molecule is O=C([O-])CC(O)(CC(=O)OC(CC(=O)O)(CC(=O)O)C(=O)O)C(=O)[O-].[Mn+2]. The molecule has 13 nitrogen and oxygen atoms in total. The van der Waals surface area contributed by atoms with Crippen LogP contribution in [-0.4, -0.2) is 67.4 Å². The number of aliphatic carboxylic acids is 5. The predicted octanol–water partition coefficient (Wildman–Crippen LogP) is -4.69. The van der Waals surface area contributed by atoms with Gasteiger partial charge in [-0.3, -0.25) is 14.4 Å². The molecular formula is C12H12MnO13. The van der Waals surface area contributed by atoms with Crippen LogP contribution in [0, 0.1) is 0 Å². The molecule has 1 unspecified atom stereocenters. The van der Waals surface area contributed by atoms with E-state index in [4.69, 9.17) is 15.3 Å². The Morgan fingerprint density at radius 1 is 0.808 bits per heavy atom. The van der Waals surface area contributed by atoms with Gasteiger partial charge in [-0.1, -0.05) is 0 Å². The first-order chi connectivity index (χ1) is 11.2. The summed E-state index contributed by atoms with van der Waals surface area (Å²) < 4.78 is 4.28. The first-order valence-corrected chi connectivity index (χ1v) is 6.26. The molecule has 26 heavy (non-hydrogen) atoms. The van der Waals surface area contributed by atoms with Crippen LogP contribution in [0.15, 0.2) is 0 Å². The van der Waals surface area contributed by atoms with Crippen molar-refractivity contribution in [3.05, 3.63) is 0 Å². The van der Waals surface area contributed by atoms with E-state index < -0.39 is 72.7 Å². The monoisotopic (exact) mass is 419 g/mol. The van der Waals surface area contributed by atoms with Crippen LogP contribution in [0.5, 0.6) is 0 Å². The Morgan fingerprint density at radius 2 is 1.23 bits per heavy atom. The zero-order chi connectivity index (χ0) is 20.0. The second-order valence-corrected chi connectivity index (χ2v) is 4.96. The second kappa shape index (κ2) is 9.70. The summed E-state index contributed by atoms with van der Waals surface area (Å²) in [6.07, 6.45) is -6.27.